The molecule has 4 rings (SSSR count). The van der Waals surface area contributed by atoms with Gasteiger partial charge in [0.05, 0.1) is 11.1 Å². The number of carboxylic acids is 2. The second-order valence-electron chi connectivity index (χ2n) is 8.88. The van der Waals surface area contributed by atoms with E-state index in [-0.39, 0.29) is 23.0 Å². The molecule has 4 aliphatic rings. The molecule has 4 saturated heterocycles. The second kappa shape index (κ2) is 6.64. The first-order valence-corrected chi connectivity index (χ1v) is 10.0. The smallest absolute Gasteiger partial charge is 0.332 e. The average Bonchev–Trinajstić information content (AvgIpc) is 2.94. The molecule has 26 heavy (non-hydrogen) atoms. The Morgan fingerprint density at radius 3 is 1.15 bits per heavy atom. The van der Waals surface area contributed by atoms with E-state index in [1.807, 2.05) is 0 Å². The van der Waals surface area contributed by atoms with E-state index in [4.69, 9.17) is 0 Å². The van der Waals surface area contributed by atoms with Crippen molar-refractivity contribution in [3.63, 3.8) is 0 Å². The van der Waals surface area contributed by atoms with E-state index in [1.54, 1.807) is 0 Å². The number of hydrogen-bond acceptors (Lipinski definition) is 4. The summed E-state index contributed by atoms with van der Waals surface area (Å²) < 4.78 is 0. The lowest BCUT2D eigenvalue weighted by Gasteiger charge is -2.39. The SMILES string of the molecule is CN1C2CCC1CC(C(C(=O)O)=C(C(=O)O)C1CC3CCC(C1)N3C)C2. The van der Waals surface area contributed by atoms with Crippen molar-refractivity contribution in [2.45, 2.75) is 75.5 Å². The molecule has 0 aromatic carbocycles. The average molecular weight is 362 g/mol. The molecule has 0 aromatic rings. The van der Waals surface area contributed by atoms with Crippen molar-refractivity contribution in [2.24, 2.45) is 11.8 Å². The zero-order valence-corrected chi connectivity index (χ0v) is 15.7. The summed E-state index contributed by atoms with van der Waals surface area (Å²) in [5, 5.41) is 20.0. The van der Waals surface area contributed by atoms with Crippen LogP contribution in [0.2, 0.25) is 0 Å². The highest BCUT2D eigenvalue weighted by Gasteiger charge is 2.46. The number of nitrogens with zero attached hydrogens (tertiary/aromatic N) is 2. The van der Waals surface area contributed by atoms with Gasteiger partial charge in [0.2, 0.25) is 0 Å². The first-order chi connectivity index (χ1) is 12.4. The largest absolute Gasteiger partial charge is 0.478 e. The van der Waals surface area contributed by atoms with Gasteiger partial charge in [-0.2, -0.15) is 0 Å². The van der Waals surface area contributed by atoms with Gasteiger partial charge >= 0.3 is 11.9 Å². The van der Waals surface area contributed by atoms with Gasteiger partial charge in [0.15, 0.2) is 0 Å². The molecule has 4 bridgehead atoms. The highest BCUT2D eigenvalue weighted by atomic mass is 16.4. The van der Waals surface area contributed by atoms with Gasteiger partial charge in [0.25, 0.3) is 0 Å². The summed E-state index contributed by atoms with van der Waals surface area (Å²) in [5.74, 6) is -2.26. The van der Waals surface area contributed by atoms with Crippen molar-refractivity contribution in [3.8, 4) is 0 Å². The predicted molar refractivity (Wildman–Crippen MR) is 96.9 cm³/mol. The van der Waals surface area contributed by atoms with E-state index in [0.29, 0.717) is 24.2 Å². The Bertz CT molecular complexity index is 564. The fraction of sp³-hybridized carbons (Fsp3) is 0.800. The summed E-state index contributed by atoms with van der Waals surface area (Å²) in [5.41, 5.74) is 0.438. The van der Waals surface area contributed by atoms with Crippen molar-refractivity contribution >= 4 is 11.9 Å². The molecule has 4 unspecified atom stereocenters. The topological polar surface area (TPSA) is 81.1 Å². The zero-order chi connectivity index (χ0) is 18.6. The maximum Gasteiger partial charge on any atom is 0.332 e. The van der Waals surface area contributed by atoms with Crippen LogP contribution in [0.1, 0.15) is 51.4 Å². The summed E-state index contributed by atoms with van der Waals surface area (Å²) in [4.78, 5) is 29.1. The van der Waals surface area contributed by atoms with Gasteiger partial charge in [0.1, 0.15) is 0 Å². The molecule has 0 radical (unpaired) electrons. The minimum absolute atomic E-state index is 0.121. The van der Waals surface area contributed by atoms with Crippen LogP contribution in [0.4, 0.5) is 0 Å². The fourth-order valence-electron chi connectivity index (χ4n) is 6.31. The Morgan fingerprint density at radius 1 is 0.654 bits per heavy atom. The number of fused-ring (bicyclic) bond motifs is 4. The van der Waals surface area contributed by atoms with Crippen LogP contribution in [0.3, 0.4) is 0 Å². The number of carboxylic acid groups (broad SMARTS) is 2. The lowest BCUT2D eigenvalue weighted by atomic mass is 9.76. The third-order valence-corrected chi connectivity index (χ3v) is 7.76. The summed E-state index contributed by atoms with van der Waals surface area (Å²) >= 11 is 0. The lowest BCUT2D eigenvalue weighted by molar-refractivity contribution is -0.137. The van der Waals surface area contributed by atoms with Crippen LogP contribution in [-0.2, 0) is 9.59 Å². The van der Waals surface area contributed by atoms with E-state index < -0.39 is 11.9 Å². The van der Waals surface area contributed by atoms with Crippen molar-refractivity contribution in [2.75, 3.05) is 14.1 Å². The van der Waals surface area contributed by atoms with E-state index >= 15 is 0 Å². The normalized spacial score (nSPS) is 41.2. The third-order valence-electron chi connectivity index (χ3n) is 7.76. The highest BCUT2D eigenvalue weighted by Crippen LogP contribution is 2.45. The maximum atomic E-state index is 12.2. The lowest BCUT2D eigenvalue weighted by Crippen LogP contribution is -2.43. The monoisotopic (exact) mass is 362 g/mol. The third kappa shape index (κ3) is 2.87. The zero-order valence-electron chi connectivity index (χ0n) is 15.7. The molecule has 0 aromatic heterocycles. The molecule has 0 amide bonds. The van der Waals surface area contributed by atoms with Crippen molar-refractivity contribution < 1.29 is 19.8 Å². The quantitative estimate of drug-likeness (QED) is 0.746. The summed E-state index contributed by atoms with van der Waals surface area (Å²) in [6, 6.07) is 1.60. The Kier molecular flexibility index (Phi) is 4.59. The van der Waals surface area contributed by atoms with Crippen LogP contribution in [0.5, 0.6) is 0 Å². The van der Waals surface area contributed by atoms with E-state index in [2.05, 4.69) is 23.9 Å². The molecular weight excluding hydrogens is 332 g/mol. The minimum Gasteiger partial charge on any atom is -0.478 e. The van der Waals surface area contributed by atoms with Gasteiger partial charge in [-0.1, -0.05) is 0 Å². The summed E-state index contributed by atoms with van der Waals surface area (Å²) in [6.07, 6.45) is 7.54. The highest BCUT2D eigenvalue weighted by molar-refractivity contribution is 5.99. The number of piperidine rings is 2. The van der Waals surface area contributed by atoms with Crippen LogP contribution in [-0.4, -0.2) is 70.2 Å². The molecule has 4 aliphatic heterocycles. The molecule has 0 spiro atoms. The van der Waals surface area contributed by atoms with Crippen LogP contribution < -0.4 is 0 Å². The molecular formula is C20H30N2O4. The second-order valence-corrected chi connectivity index (χ2v) is 8.88. The summed E-state index contributed by atoms with van der Waals surface area (Å²) in [6.45, 7) is 0. The summed E-state index contributed by atoms with van der Waals surface area (Å²) in [7, 11) is 4.24. The molecule has 144 valence electrons. The Morgan fingerprint density at radius 2 is 0.923 bits per heavy atom. The van der Waals surface area contributed by atoms with E-state index in [0.717, 1.165) is 51.4 Å². The van der Waals surface area contributed by atoms with Gasteiger partial charge in [-0.15, -0.1) is 0 Å². The van der Waals surface area contributed by atoms with Crippen molar-refractivity contribution in [3.05, 3.63) is 11.1 Å². The first-order valence-electron chi connectivity index (χ1n) is 10.0. The fourth-order valence-corrected chi connectivity index (χ4v) is 6.31. The van der Waals surface area contributed by atoms with E-state index in [1.165, 1.54) is 0 Å². The number of hydrogen-bond donors (Lipinski definition) is 2. The standard InChI is InChI=1S/C20H30N2O4/c1-21-13-3-4-14(21)8-11(7-13)17(19(23)24)18(20(25)26)12-9-15-5-6-16(10-12)22(15)2/h11-16H,3-10H2,1-2H3,(H,23,24)(H,25,26). The molecule has 4 atom stereocenters. The molecule has 4 heterocycles. The number of carbonyl (C=O) groups is 2. The Balaban J connectivity index is 1.68. The molecule has 2 N–H and O–H groups in total. The van der Waals surface area contributed by atoms with Crippen LogP contribution in [0.15, 0.2) is 11.1 Å². The molecule has 6 heteroatoms. The molecule has 0 aliphatic carbocycles. The molecule has 6 nitrogen and oxygen atoms in total. The number of rotatable bonds is 4. The molecule has 0 saturated carbocycles. The number of aliphatic carboxylic acids is 2. The Hall–Kier alpha value is -1.40. The van der Waals surface area contributed by atoms with Crippen LogP contribution in [0.25, 0.3) is 0 Å². The Labute approximate surface area is 154 Å². The van der Waals surface area contributed by atoms with E-state index in [9.17, 15) is 19.8 Å². The predicted octanol–water partition coefficient (Wildman–Crippen LogP) is 2.20. The maximum absolute atomic E-state index is 12.2. The van der Waals surface area contributed by atoms with Crippen molar-refractivity contribution in [1.29, 1.82) is 0 Å². The first kappa shape index (κ1) is 18.0. The van der Waals surface area contributed by atoms with Crippen LogP contribution >= 0.6 is 0 Å². The van der Waals surface area contributed by atoms with Crippen LogP contribution in [0, 0.1) is 11.8 Å². The molecule has 4 fully saturated rings. The van der Waals surface area contributed by atoms with Gasteiger partial charge < -0.3 is 20.0 Å². The van der Waals surface area contributed by atoms with Gasteiger partial charge in [-0.3, -0.25) is 0 Å². The van der Waals surface area contributed by atoms with Gasteiger partial charge in [-0.25, -0.2) is 9.59 Å². The van der Waals surface area contributed by atoms with Gasteiger partial charge in [0, 0.05) is 24.2 Å². The van der Waals surface area contributed by atoms with Crippen molar-refractivity contribution in [1.82, 2.24) is 9.80 Å². The minimum atomic E-state index is -1.01. The van der Waals surface area contributed by atoms with Gasteiger partial charge in [-0.05, 0) is 77.3 Å².